The Labute approximate surface area is 82.6 Å². The molecule has 0 aliphatic carbocycles. The van der Waals surface area contributed by atoms with Crippen molar-refractivity contribution in [3.63, 3.8) is 0 Å². The van der Waals surface area contributed by atoms with E-state index in [9.17, 15) is 0 Å². The summed E-state index contributed by atoms with van der Waals surface area (Å²) in [5, 5.41) is 0. The monoisotopic (exact) mass is 188 g/mol. The van der Waals surface area contributed by atoms with Crippen molar-refractivity contribution in [1.29, 1.82) is 0 Å². The lowest BCUT2D eigenvalue weighted by Gasteiger charge is -2.01. The second-order valence-corrected chi connectivity index (χ2v) is 3.28. The van der Waals surface area contributed by atoms with Gasteiger partial charge in [-0.15, -0.1) is 0 Å². The second-order valence-electron chi connectivity index (χ2n) is 3.28. The Morgan fingerprint density at radius 1 is 1.36 bits per heavy atom. The van der Waals surface area contributed by atoms with Crippen LogP contribution in [0.4, 0.5) is 6.01 Å². The average molecular weight is 188 g/mol. The van der Waals surface area contributed by atoms with Crippen molar-refractivity contribution < 1.29 is 4.42 Å². The number of benzene rings is 1. The van der Waals surface area contributed by atoms with Crippen molar-refractivity contribution in [3.05, 3.63) is 47.3 Å². The Bertz CT molecular complexity index is 434. The zero-order valence-corrected chi connectivity index (χ0v) is 8.03. The van der Waals surface area contributed by atoms with Crippen LogP contribution in [-0.2, 0) is 6.42 Å². The van der Waals surface area contributed by atoms with Gasteiger partial charge in [-0.05, 0) is 18.1 Å². The van der Waals surface area contributed by atoms with Crippen LogP contribution in [0, 0.1) is 6.92 Å². The Hall–Kier alpha value is -1.77. The molecule has 0 radical (unpaired) electrons. The van der Waals surface area contributed by atoms with Crippen LogP contribution in [0.25, 0.3) is 0 Å². The fourth-order valence-corrected chi connectivity index (χ4v) is 1.41. The van der Waals surface area contributed by atoms with Gasteiger partial charge in [-0.3, -0.25) is 0 Å². The number of oxazole rings is 1. The third-order valence-electron chi connectivity index (χ3n) is 2.20. The molecule has 3 nitrogen and oxygen atoms in total. The predicted molar refractivity (Wildman–Crippen MR) is 54.9 cm³/mol. The summed E-state index contributed by atoms with van der Waals surface area (Å²) in [4.78, 5) is 4.06. The summed E-state index contributed by atoms with van der Waals surface area (Å²) in [6, 6.07) is 8.44. The molecule has 0 fully saturated rings. The maximum absolute atomic E-state index is 5.39. The summed E-state index contributed by atoms with van der Waals surface area (Å²) in [6.07, 6.45) is 2.37. The summed E-state index contributed by atoms with van der Waals surface area (Å²) >= 11 is 0. The number of anilines is 1. The number of nitrogens with two attached hydrogens (primary N) is 1. The third kappa shape index (κ3) is 1.76. The molecule has 2 N–H and O–H groups in total. The number of aryl methyl sites for hydroxylation is 1. The molecule has 0 atom stereocenters. The fraction of sp³-hybridized carbons (Fsp3) is 0.182. The lowest BCUT2D eigenvalue weighted by atomic mass is 10.0. The van der Waals surface area contributed by atoms with E-state index in [0.29, 0.717) is 0 Å². The van der Waals surface area contributed by atoms with Crippen LogP contribution < -0.4 is 5.73 Å². The van der Waals surface area contributed by atoms with Gasteiger partial charge in [0.05, 0.1) is 5.69 Å². The normalized spacial score (nSPS) is 10.4. The highest BCUT2D eigenvalue weighted by Crippen LogP contribution is 2.13. The number of nitrogen functional groups attached to an aromatic ring is 1. The van der Waals surface area contributed by atoms with E-state index in [4.69, 9.17) is 10.2 Å². The van der Waals surface area contributed by atoms with Crippen LogP contribution in [-0.4, -0.2) is 4.98 Å². The topological polar surface area (TPSA) is 52.0 Å². The van der Waals surface area contributed by atoms with Crippen molar-refractivity contribution in [1.82, 2.24) is 4.98 Å². The zero-order valence-electron chi connectivity index (χ0n) is 8.03. The van der Waals surface area contributed by atoms with E-state index in [-0.39, 0.29) is 6.01 Å². The first-order chi connectivity index (χ1) is 6.75. The van der Waals surface area contributed by atoms with E-state index < -0.39 is 0 Å². The summed E-state index contributed by atoms with van der Waals surface area (Å²) < 4.78 is 4.94. The van der Waals surface area contributed by atoms with Crippen LogP contribution in [0.5, 0.6) is 0 Å². The summed E-state index contributed by atoms with van der Waals surface area (Å²) in [5.41, 5.74) is 8.77. The standard InChI is InChI=1S/C11H12N2O/c1-8-4-2-3-5-9(8)6-10-7-14-11(12)13-10/h2-5,7H,6H2,1H3,(H2,12,13). The van der Waals surface area contributed by atoms with Gasteiger partial charge in [-0.2, -0.15) is 4.98 Å². The number of nitrogens with zero attached hydrogens (tertiary/aromatic N) is 1. The second kappa shape index (κ2) is 3.54. The molecule has 0 aliphatic heterocycles. The summed E-state index contributed by atoms with van der Waals surface area (Å²) in [7, 11) is 0. The number of rotatable bonds is 2. The molecule has 0 saturated heterocycles. The van der Waals surface area contributed by atoms with Crippen molar-refractivity contribution in [2.75, 3.05) is 5.73 Å². The minimum Gasteiger partial charge on any atom is -0.432 e. The Morgan fingerprint density at radius 3 is 2.79 bits per heavy atom. The molecule has 72 valence electrons. The zero-order chi connectivity index (χ0) is 9.97. The maximum Gasteiger partial charge on any atom is 0.292 e. The van der Waals surface area contributed by atoms with Gasteiger partial charge in [0.1, 0.15) is 6.26 Å². The van der Waals surface area contributed by atoms with Gasteiger partial charge in [0.25, 0.3) is 6.01 Å². The van der Waals surface area contributed by atoms with E-state index in [1.165, 1.54) is 11.1 Å². The Kier molecular flexibility index (Phi) is 2.23. The van der Waals surface area contributed by atoms with Gasteiger partial charge < -0.3 is 10.2 Å². The first-order valence-electron chi connectivity index (χ1n) is 4.50. The Morgan fingerprint density at radius 2 is 2.14 bits per heavy atom. The van der Waals surface area contributed by atoms with Gasteiger partial charge in [-0.25, -0.2) is 0 Å². The summed E-state index contributed by atoms with van der Waals surface area (Å²) in [5.74, 6) is 0. The van der Waals surface area contributed by atoms with Crippen molar-refractivity contribution >= 4 is 6.01 Å². The summed E-state index contributed by atoms with van der Waals surface area (Å²) in [6.45, 7) is 2.08. The van der Waals surface area contributed by atoms with Gasteiger partial charge >= 0.3 is 0 Å². The predicted octanol–water partition coefficient (Wildman–Crippen LogP) is 2.16. The van der Waals surface area contributed by atoms with Crippen LogP contribution >= 0.6 is 0 Å². The highest BCUT2D eigenvalue weighted by atomic mass is 16.4. The molecule has 1 aromatic heterocycles. The number of hydrogen-bond acceptors (Lipinski definition) is 3. The fourth-order valence-electron chi connectivity index (χ4n) is 1.41. The van der Waals surface area contributed by atoms with Gasteiger partial charge in [-0.1, -0.05) is 24.3 Å². The van der Waals surface area contributed by atoms with Crippen LogP contribution in [0.3, 0.4) is 0 Å². The molecule has 0 saturated carbocycles. The van der Waals surface area contributed by atoms with Crippen LogP contribution in [0.15, 0.2) is 34.9 Å². The van der Waals surface area contributed by atoms with Gasteiger partial charge in [0.2, 0.25) is 0 Å². The lowest BCUT2D eigenvalue weighted by molar-refractivity contribution is 0.579. The molecule has 0 amide bonds. The smallest absolute Gasteiger partial charge is 0.292 e. The van der Waals surface area contributed by atoms with Crippen LogP contribution in [0.2, 0.25) is 0 Å². The van der Waals surface area contributed by atoms with E-state index in [1.54, 1.807) is 6.26 Å². The molecule has 0 bridgehead atoms. The van der Waals surface area contributed by atoms with E-state index in [1.807, 2.05) is 12.1 Å². The SMILES string of the molecule is Cc1ccccc1Cc1coc(N)n1. The van der Waals surface area contributed by atoms with E-state index in [2.05, 4.69) is 24.0 Å². The highest BCUT2D eigenvalue weighted by Gasteiger charge is 2.03. The largest absolute Gasteiger partial charge is 0.432 e. The van der Waals surface area contributed by atoms with E-state index in [0.717, 1.165) is 12.1 Å². The Balaban J connectivity index is 2.23. The van der Waals surface area contributed by atoms with Crippen molar-refractivity contribution in [2.24, 2.45) is 0 Å². The van der Waals surface area contributed by atoms with E-state index >= 15 is 0 Å². The molecule has 14 heavy (non-hydrogen) atoms. The van der Waals surface area contributed by atoms with Crippen LogP contribution in [0.1, 0.15) is 16.8 Å². The molecule has 2 rings (SSSR count). The quantitative estimate of drug-likeness (QED) is 0.785. The van der Waals surface area contributed by atoms with Gasteiger partial charge in [0, 0.05) is 6.42 Å². The molecule has 2 aromatic rings. The third-order valence-corrected chi connectivity index (χ3v) is 2.20. The van der Waals surface area contributed by atoms with Crippen molar-refractivity contribution in [2.45, 2.75) is 13.3 Å². The first-order valence-corrected chi connectivity index (χ1v) is 4.50. The first kappa shape index (κ1) is 8.81. The molecular formula is C11H12N2O. The average Bonchev–Trinajstić information content (AvgIpc) is 2.56. The maximum atomic E-state index is 5.39. The lowest BCUT2D eigenvalue weighted by Crippen LogP contribution is -1.92. The minimum atomic E-state index is 0.230. The molecule has 0 spiro atoms. The molecule has 1 heterocycles. The molecular weight excluding hydrogens is 176 g/mol. The van der Waals surface area contributed by atoms with Gasteiger partial charge in [0.15, 0.2) is 0 Å². The molecule has 0 unspecified atom stereocenters. The minimum absolute atomic E-state index is 0.230. The molecule has 3 heteroatoms. The number of aromatic nitrogens is 1. The van der Waals surface area contributed by atoms with Crippen molar-refractivity contribution in [3.8, 4) is 0 Å². The molecule has 1 aromatic carbocycles. The highest BCUT2D eigenvalue weighted by molar-refractivity contribution is 5.29. The molecule has 0 aliphatic rings. The number of hydrogen-bond donors (Lipinski definition) is 1.